The van der Waals surface area contributed by atoms with E-state index in [4.69, 9.17) is 110 Å². The van der Waals surface area contributed by atoms with Gasteiger partial charge in [0.25, 0.3) is 0 Å². The van der Waals surface area contributed by atoms with E-state index in [0.29, 0.717) is 22.3 Å². The van der Waals surface area contributed by atoms with Crippen molar-refractivity contribution in [1.29, 1.82) is 0 Å². The van der Waals surface area contributed by atoms with Gasteiger partial charge in [0.2, 0.25) is 23.6 Å². The Morgan fingerprint density at radius 3 is 1.13 bits per heavy atom. The third kappa shape index (κ3) is 37.2. The van der Waals surface area contributed by atoms with Crippen LogP contribution < -0.4 is 47.8 Å². The largest absolute Gasteiger partial charge is 0.505 e. The number of aliphatic hydroxyl groups excluding tert-OH is 6. The van der Waals surface area contributed by atoms with Gasteiger partial charge in [0.15, 0.2) is 30.4 Å². The summed E-state index contributed by atoms with van der Waals surface area (Å²) in [5, 5.41) is 93.5. The van der Waals surface area contributed by atoms with Crippen molar-refractivity contribution in [1.82, 2.24) is 42.2 Å². The van der Waals surface area contributed by atoms with Gasteiger partial charge in [-0.15, -0.1) is 0 Å². The molecule has 0 spiro atoms. The third-order valence-corrected chi connectivity index (χ3v) is 22.0. The molecule has 1 aromatic heterocycles. The van der Waals surface area contributed by atoms with Crippen LogP contribution in [0, 0.1) is 5.82 Å². The molecule has 6 aliphatic rings. The summed E-state index contributed by atoms with van der Waals surface area (Å²) in [6, 6.07) is 6.88. The number of aromatic nitrogens is 1. The number of fused-ring (bicyclic) bond motifs is 7. The second-order valence-electron chi connectivity index (χ2n) is 32.7. The molecule has 15 atom stereocenters. The van der Waals surface area contributed by atoms with E-state index in [9.17, 15) is 113 Å². The highest BCUT2D eigenvalue weighted by Gasteiger charge is 2.64. The number of pyridine rings is 1. The standard InChI is InChI=1S/C85H121F10N11O36/c86-55-41-53(4-8-59(55)107)100-42-58(106-96)57-6-3-52-40-54(5-7-56(52)101-57)136-15-1-2-63(111)105-79(43-130-16-9-60(108)97-12-19-121-22-25-124-28-31-127-34-37-133-46-80-49-137-73(140-80)64(67(112)70(80)115)102-76(118)83(87,88)89,44-131-17-10-61(109)98-13-20-122-23-26-125-29-32-128-35-38-134-47-81-50-138-74(141-81)65(68(113)71(81)116)103-77(119)84(90,91)92)45-132-18-11-62(110)99-14-21-123-24-27-126-30-33-129-36-39-135-48-82-51-139-75(142-82)66(69(114)72(82)117)104-78(120)85(93,94)95/h3-8,40-42,64-75,107,112-117H,1-2,9-39,43-51,96H2,(H,97,108)(H,98,109)(H,99,110)(H,102,118)(H,103,119)(H,104,120)(H,105,111)/t64-,65-,66-,67-,68-,69-,70-,71-,72-,73+,74+,75+,80+,81+,82+/m1/s1. The van der Waals surface area contributed by atoms with Crippen molar-refractivity contribution in [2.24, 2.45) is 15.9 Å². The van der Waals surface area contributed by atoms with Crippen LogP contribution in [-0.4, -0.2) is 453 Å². The zero-order chi connectivity index (χ0) is 103. The smallest absolute Gasteiger partial charge is 0.471 e. The van der Waals surface area contributed by atoms with Crippen molar-refractivity contribution < 1.29 is 217 Å². The first-order chi connectivity index (χ1) is 67.9. The van der Waals surface area contributed by atoms with Gasteiger partial charge in [-0.25, -0.2) is 9.37 Å². The molecule has 6 aliphatic heterocycles. The quantitative estimate of drug-likeness (QED) is 0.00861. The summed E-state index contributed by atoms with van der Waals surface area (Å²) in [4.78, 5) is 96.9. The van der Waals surface area contributed by atoms with Crippen molar-refractivity contribution in [3.8, 4) is 11.5 Å². The minimum absolute atomic E-state index is 0.0256. The molecule has 0 aliphatic carbocycles. The molecule has 6 bridgehead atoms. The van der Waals surface area contributed by atoms with E-state index in [1.54, 1.807) is 46.3 Å². The first kappa shape index (κ1) is 117. The number of nitrogens with one attached hydrogen (secondary N) is 7. The minimum atomic E-state index is -5.26. The fourth-order valence-electron chi connectivity index (χ4n) is 14.5. The Kier molecular flexibility index (Phi) is 48.0. The van der Waals surface area contributed by atoms with Gasteiger partial charge in [-0.3, -0.25) is 38.6 Å². The number of nitrogens with zero attached hydrogens (tertiary/aromatic N) is 3. The number of aromatic hydroxyl groups is 1. The molecule has 802 valence electrons. The predicted molar refractivity (Wildman–Crippen MR) is 460 cm³/mol. The molecule has 2 aromatic carbocycles. The second-order valence-corrected chi connectivity index (χ2v) is 32.7. The van der Waals surface area contributed by atoms with E-state index in [1.165, 1.54) is 12.3 Å². The summed E-state index contributed by atoms with van der Waals surface area (Å²) in [7, 11) is 0. The summed E-state index contributed by atoms with van der Waals surface area (Å²) in [5.41, 5.74) is -5.21. The summed E-state index contributed by atoms with van der Waals surface area (Å²) in [5.74, 6) is -4.22. The molecule has 6 saturated heterocycles. The summed E-state index contributed by atoms with van der Waals surface area (Å²) in [6.45, 7) is -1.42. The van der Waals surface area contributed by atoms with Crippen molar-refractivity contribution in [3.63, 3.8) is 0 Å². The van der Waals surface area contributed by atoms with E-state index in [1.807, 2.05) is 0 Å². The number of aliphatic hydroxyl groups is 6. The van der Waals surface area contributed by atoms with Crippen molar-refractivity contribution in [2.75, 3.05) is 244 Å². The van der Waals surface area contributed by atoms with Crippen LogP contribution >= 0.6 is 0 Å². The van der Waals surface area contributed by atoms with E-state index in [2.05, 4.69) is 36.3 Å². The number of alkyl halides is 9. The average Bonchev–Trinajstić information content (AvgIpc) is 1.60. The lowest BCUT2D eigenvalue weighted by atomic mass is 9.88. The Balaban J connectivity index is 0.701. The number of carbonyl (C=O) groups excluding carboxylic acids is 7. The monoisotopic (exact) mass is 2060 g/mol. The molecule has 57 heteroatoms. The van der Waals surface area contributed by atoms with Crippen molar-refractivity contribution >= 4 is 69.9 Å². The number of halogens is 10. The van der Waals surface area contributed by atoms with Gasteiger partial charge in [0.05, 0.1) is 248 Å². The number of amides is 7. The van der Waals surface area contributed by atoms with Gasteiger partial charge >= 0.3 is 36.3 Å². The van der Waals surface area contributed by atoms with Gasteiger partial charge in [0, 0.05) is 56.8 Å². The van der Waals surface area contributed by atoms with Crippen LogP contribution in [0.2, 0.25) is 0 Å². The lowest BCUT2D eigenvalue weighted by Gasteiger charge is -2.42. The Labute approximate surface area is 805 Å². The zero-order valence-corrected chi connectivity index (χ0v) is 77.0. The SMILES string of the molecule is NN=C(C=Nc1ccc(O)c(F)c1)c1ccc2cc(OCCCC(=O)NC(COCCC(=O)NCCOCCOCCOCCOC[C@@]34CO[C@@H](O3)[C@H](NC(=O)C(F)(F)F)[C@@H](O)[C@H]4O)(COCCC(=O)NCCOCCOCCOCCOC[C@@]34CO[C@@H](O3)[C@H](NC(=O)C(F)(F)F)[C@@H](O)[C@H]4O)COCCC(=O)NCCOCCOCCOCCOC[C@@]34CO[C@@H](O3)[C@H](NC(=O)C(F)(F)F)[C@@H](O)[C@H]4O)ccc2n1. The molecule has 0 unspecified atom stereocenters. The maximum atomic E-state index is 14.2. The van der Waals surface area contributed by atoms with Crippen molar-refractivity contribution in [2.45, 2.75) is 147 Å². The number of benzene rings is 2. The molecule has 6 fully saturated rings. The molecule has 142 heavy (non-hydrogen) atoms. The molecule has 7 heterocycles. The summed E-state index contributed by atoms with van der Waals surface area (Å²) in [6.07, 6.45) is -30.4. The van der Waals surface area contributed by atoms with Gasteiger partial charge in [-0.05, 0) is 42.8 Å². The predicted octanol–water partition coefficient (Wildman–Crippen LogP) is -3.39. The lowest BCUT2D eigenvalue weighted by Crippen LogP contribution is -2.67. The zero-order valence-electron chi connectivity index (χ0n) is 77.0. The number of hydrogen-bond acceptors (Lipinski definition) is 40. The highest BCUT2D eigenvalue weighted by molar-refractivity contribution is 6.38. The molecule has 9 rings (SSSR count). The Hall–Kier alpha value is -8.90. The molecule has 3 aromatic rings. The van der Waals surface area contributed by atoms with Crippen LogP contribution in [0.5, 0.6) is 11.5 Å². The number of hydrogen-bond donors (Lipinski definition) is 15. The fourth-order valence-corrected chi connectivity index (χ4v) is 14.5. The van der Waals surface area contributed by atoms with E-state index >= 15 is 0 Å². The van der Waals surface area contributed by atoms with E-state index in [-0.39, 0.29) is 288 Å². The number of phenols is 1. The maximum Gasteiger partial charge on any atom is 0.471 e. The number of carbonyl (C=O) groups is 7. The van der Waals surface area contributed by atoms with E-state index < -0.39 is 167 Å². The molecular weight excluding hydrogens is 1940 g/mol. The Bertz CT molecular complexity index is 4180. The Morgan fingerprint density at radius 2 is 0.782 bits per heavy atom. The summed E-state index contributed by atoms with van der Waals surface area (Å²) < 4.78 is 253. The number of ether oxygens (including phenoxy) is 22. The number of phenolic OH excluding ortho intramolecular Hbond substituents is 1. The number of hydrazone groups is 1. The second kappa shape index (κ2) is 58.4. The maximum absolute atomic E-state index is 14.2. The van der Waals surface area contributed by atoms with Gasteiger partial charge < -0.3 is 183 Å². The number of nitrogens with two attached hydrogens (primary N) is 1. The van der Waals surface area contributed by atoms with Crippen LogP contribution in [0.4, 0.5) is 49.6 Å². The topological polar surface area (TPSA) is 612 Å². The van der Waals surface area contributed by atoms with Crippen LogP contribution in [0.25, 0.3) is 10.9 Å². The number of aliphatic imine (C=N–C) groups is 1. The van der Waals surface area contributed by atoms with Gasteiger partial charge in [-0.1, -0.05) is 6.07 Å². The minimum Gasteiger partial charge on any atom is -0.505 e. The fraction of sp³-hybridized carbons (Fsp3) is 0.718. The van der Waals surface area contributed by atoms with E-state index in [0.717, 1.165) is 12.1 Å². The molecule has 7 amide bonds. The van der Waals surface area contributed by atoms with Crippen LogP contribution in [0.15, 0.2) is 58.6 Å². The highest BCUT2D eigenvalue weighted by Crippen LogP contribution is 2.41. The molecular formula is C85H121F10N11O36. The Morgan fingerprint density at radius 1 is 0.430 bits per heavy atom. The average molecular weight is 2060 g/mol. The molecule has 47 nitrogen and oxygen atoms in total. The molecule has 16 N–H and O–H groups in total. The van der Waals surface area contributed by atoms with Crippen molar-refractivity contribution in [3.05, 3.63) is 60.0 Å². The lowest BCUT2D eigenvalue weighted by molar-refractivity contribution is -0.240. The normalized spacial score (nSPS) is 24.4. The number of rotatable bonds is 69. The van der Waals surface area contributed by atoms with Gasteiger partial charge in [-0.2, -0.15) is 44.6 Å². The molecule has 0 radical (unpaired) electrons. The van der Waals surface area contributed by atoms with Crippen LogP contribution in [-0.2, 0) is 133 Å². The third-order valence-electron chi connectivity index (χ3n) is 22.0. The molecule has 0 saturated carbocycles. The highest BCUT2D eigenvalue weighted by atomic mass is 19.4. The summed E-state index contributed by atoms with van der Waals surface area (Å²) >= 11 is 0. The first-order valence-electron chi connectivity index (χ1n) is 45.1. The first-order valence-corrected chi connectivity index (χ1v) is 45.1. The van der Waals surface area contributed by atoms with Crippen LogP contribution in [0.3, 0.4) is 0 Å². The van der Waals surface area contributed by atoms with Gasteiger partial charge in [0.1, 0.15) is 88.6 Å². The van der Waals surface area contributed by atoms with Crippen LogP contribution in [0.1, 0.15) is 37.8 Å².